The Morgan fingerprint density at radius 3 is 2.62 bits per heavy atom. The van der Waals surface area contributed by atoms with Crippen molar-refractivity contribution in [1.29, 1.82) is 0 Å². The molecule has 0 bridgehead atoms. The van der Waals surface area contributed by atoms with Crippen molar-refractivity contribution in [3.63, 3.8) is 0 Å². The summed E-state index contributed by atoms with van der Waals surface area (Å²) in [5.41, 5.74) is 0.412. The van der Waals surface area contributed by atoms with Gasteiger partial charge in [-0.3, -0.25) is 4.79 Å². The highest BCUT2D eigenvalue weighted by Gasteiger charge is 2.30. The third-order valence-corrected chi connectivity index (χ3v) is 5.43. The van der Waals surface area contributed by atoms with Crippen LogP contribution in [0.5, 0.6) is 0 Å². The molecule has 0 fully saturated rings. The molecule has 0 atom stereocenters. The van der Waals surface area contributed by atoms with Gasteiger partial charge in [0.1, 0.15) is 5.82 Å². The summed E-state index contributed by atoms with van der Waals surface area (Å²) in [6.45, 7) is 5.95. The van der Waals surface area contributed by atoms with E-state index in [1.165, 1.54) is 0 Å². The van der Waals surface area contributed by atoms with E-state index in [9.17, 15) is 13.2 Å². The van der Waals surface area contributed by atoms with E-state index in [4.69, 9.17) is 0 Å². The summed E-state index contributed by atoms with van der Waals surface area (Å²) in [6.07, 6.45) is 3.69. The van der Waals surface area contributed by atoms with E-state index in [1.54, 1.807) is 32.2 Å². The largest absolute Gasteiger partial charge is 0.369 e. The van der Waals surface area contributed by atoms with Gasteiger partial charge in [0, 0.05) is 25.5 Å². The molecule has 1 amide bonds. The molecule has 0 aliphatic carbocycles. The number of anilines is 1. The Bertz CT molecular complexity index is 597. The third kappa shape index (κ3) is 4.70. The Morgan fingerprint density at radius 2 is 2.05 bits per heavy atom. The van der Waals surface area contributed by atoms with E-state index in [1.807, 2.05) is 6.92 Å². The lowest BCUT2D eigenvalue weighted by Crippen LogP contribution is -2.43. The van der Waals surface area contributed by atoms with Gasteiger partial charge in [0.05, 0.1) is 10.3 Å². The second kappa shape index (κ2) is 6.89. The maximum Gasteiger partial charge on any atom is 0.255 e. The Kier molecular flexibility index (Phi) is 5.71. The van der Waals surface area contributed by atoms with E-state index in [0.29, 0.717) is 17.9 Å². The highest BCUT2D eigenvalue weighted by molar-refractivity contribution is 7.92. The van der Waals surface area contributed by atoms with Crippen molar-refractivity contribution < 1.29 is 13.2 Å². The summed E-state index contributed by atoms with van der Waals surface area (Å²) >= 11 is 0. The van der Waals surface area contributed by atoms with Gasteiger partial charge in [0.15, 0.2) is 9.84 Å². The standard InChI is InChI=1S/C14H23N3O3S/c1-5-8-15-12-11(7-6-9-16-12)13(18)17-10-14(2,3)21(4,19)20/h6-7,9H,5,8,10H2,1-4H3,(H,15,16)(H,17,18). The van der Waals surface area contributed by atoms with Crippen molar-refractivity contribution in [2.75, 3.05) is 24.7 Å². The fourth-order valence-corrected chi connectivity index (χ4v) is 1.83. The summed E-state index contributed by atoms with van der Waals surface area (Å²) in [5, 5.41) is 5.75. The minimum Gasteiger partial charge on any atom is -0.369 e. The fourth-order valence-electron chi connectivity index (χ4n) is 1.49. The van der Waals surface area contributed by atoms with Crippen LogP contribution >= 0.6 is 0 Å². The van der Waals surface area contributed by atoms with Crippen LogP contribution in [0.3, 0.4) is 0 Å². The Labute approximate surface area is 126 Å². The zero-order valence-corrected chi connectivity index (χ0v) is 13.8. The van der Waals surface area contributed by atoms with Crippen LogP contribution in [-0.4, -0.2) is 43.4 Å². The van der Waals surface area contributed by atoms with Gasteiger partial charge in [-0.2, -0.15) is 0 Å². The van der Waals surface area contributed by atoms with Crippen LogP contribution < -0.4 is 10.6 Å². The fraction of sp³-hybridized carbons (Fsp3) is 0.571. The molecule has 21 heavy (non-hydrogen) atoms. The van der Waals surface area contributed by atoms with Crippen LogP contribution in [0.15, 0.2) is 18.3 Å². The molecule has 6 nitrogen and oxygen atoms in total. The zero-order valence-electron chi connectivity index (χ0n) is 12.9. The molecule has 0 aromatic carbocycles. The van der Waals surface area contributed by atoms with Crippen LogP contribution in [-0.2, 0) is 9.84 Å². The first-order chi connectivity index (χ1) is 9.69. The van der Waals surface area contributed by atoms with E-state index < -0.39 is 14.6 Å². The molecule has 1 heterocycles. The molecule has 0 aliphatic heterocycles. The predicted octanol–water partition coefficient (Wildman–Crippen LogP) is 1.46. The first-order valence-electron chi connectivity index (χ1n) is 6.85. The van der Waals surface area contributed by atoms with Gasteiger partial charge in [-0.25, -0.2) is 13.4 Å². The van der Waals surface area contributed by atoms with Gasteiger partial charge >= 0.3 is 0 Å². The van der Waals surface area contributed by atoms with Crippen LogP contribution in [0.25, 0.3) is 0 Å². The lowest BCUT2D eigenvalue weighted by atomic mass is 10.2. The normalized spacial score (nSPS) is 12.0. The number of carbonyl (C=O) groups excluding carboxylic acids is 1. The Balaban J connectivity index is 2.81. The highest BCUT2D eigenvalue weighted by atomic mass is 32.2. The second-order valence-corrected chi connectivity index (χ2v) is 8.19. The SMILES string of the molecule is CCCNc1ncccc1C(=O)NCC(C)(C)S(C)(=O)=O. The van der Waals surface area contributed by atoms with E-state index in [2.05, 4.69) is 15.6 Å². The summed E-state index contributed by atoms with van der Waals surface area (Å²) < 4.78 is 22.3. The quantitative estimate of drug-likeness (QED) is 0.795. The lowest BCUT2D eigenvalue weighted by Gasteiger charge is -2.23. The highest BCUT2D eigenvalue weighted by Crippen LogP contribution is 2.15. The van der Waals surface area contributed by atoms with Gasteiger partial charge in [-0.15, -0.1) is 0 Å². The smallest absolute Gasteiger partial charge is 0.255 e. The van der Waals surface area contributed by atoms with Gasteiger partial charge in [-0.1, -0.05) is 6.92 Å². The maximum absolute atomic E-state index is 12.2. The number of pyridine rings is 1. The topological polar surface area (TPSA) is 88.2 Å². The van der Waals surface area contributed by atoms with Crippen molar-refractivity contribution in [2.45, 2.75) is 31.9 Å². The molecular weight excluding hydrogens is 290 g/mol. The lowest BCUT2D eigenvalue weighted by molar-refractivity contribution is 0.0951. The van der Waals surface area contributed by atoms with E-state index in [0.717, 1.165) is 12.7 Å². The molecule has 0 saturated heterocycles. The Morgan fingerprint density at radius 1 is 1.38 bits per heavy atom. The molecule has 0 aliphatic rings. The summed E-state index contributed by atoms with van der Waals surface area (Å²) in [4.78, 5) is 16.4. The summed E-state index contributed by atoms with van der Waals surface area (Å²) in [6, 6.07) is 3.33. The molecule has 7 heteroatoms. The first-order valence-corrected chi connectivity index (χ1v) is 8.75. The molecule has 1 aromatic heterocycles. The van der Waals surface area contributed by atoms with E-state index in [-0.39, 0.29) is 12.5 Å². The molecule has 0 unspecified atom stereocenters. The first kappa shape index (κ1) is 17.4. The van der Waals surface area contributed by atoms with Crippen molar-refractivity contribution >= 4 is 21.6 Å². The van der Waals surface area contributed by atoms with Gasteiger partial charge in [-0.05, 0) is 32.4 Å². The minimum absolute atomic E-state index is 0.0484. The minimum atomic E-state index is -3.25. The average Bonchev–Trinajstić information content (AvgIpc) is 2.41. The molecule has 118 valence electrons. The van der Waals surface area contributed by atoms with Crippen LogP contribution in [0.1, 0.15) is 37.6 Å². The number of sulfone groups is 1. The van der Waals surface area contributed by atoms with Crippen molar-refractivity contribution in [1.82, 2.24) is 10.3 Å². The number of hydrogen-bond acceptors (Lipinski definition) is 5. The number of nitrogens with zero attached hydrogens (tertiary/aromatic N) is 1. The number of aromatic nitrogens is 1. The summed E-state index contributed by atoms with van der Waals surface area (Å²) in [7, 11) is -3.25. The second-order valence-electron chi connectivity index (χ2n) is 5.54. The number of carbonyl (C=O) groups is 1. The summed E-state index contributed by atoms with van der Waals surface area (Å²) in [5.74, 6) is 0.174. The number of rotatable bonds is 7. The van der Waals surface area contributed by atoms with Crippen LogP contribution in [0.2, 0.25) is 0 Å². The third-order valence-electron chi connectivity index (χ3n) is 3.27. The Hall–Kier alpha value is -1.63. The molecule has 1 rings (SSSR count). The average molecular weight is 313 g/mol. The molecule has 0 radical (unpaired) electrons. The molecule has 1 aromatic rings. The van der Waals surface area contributed by atoms with Crippen LogP contribution in [0.4, 0.5) is 5.82 Å². The zero-order chi connectivity index (χ0) is 16.1. The van der Waals surface area contributed by atoms with Crippen LogP contribution in [0, 0.1) is 0 Å². The maximum atomic E-state index is 12.2. The molecule has 0 spiro atoms. The number of hydrogen-bond donors (Lipinski definition) is 2. The molecule has 2 N–H and O–H groups in total. The van der Waals surface area contributed by atoms with Gasteiger partial charge in [0.25, 0.3) is 5.91 Å². The van der Waals surface area contributed by atoms with Gasteiger partial charge < -0.3 is 10.6 Å². The number of nitrogens with one attached hydrogen (secondary N) is 2. The monoisotopic (exact) mass is 313 g/mol. The van der Waals surface area contributed by atoms with E-state index >= 15 is 0 Å². The molecule has 0 saturated carbocycles. The van der Waals surface area contributed by atoms with Crippen molar-refractivity contribution in [2.24, 2.45) is 0 Å². The van der Waals surface area contributed by atoms with Crippen molar-refractivity contribution in [3.05, 3.63) is 23.9 Å². The number of amides is 1. The predicted molar refractivity (Wildman–Crippen MR) is 84.3 cm³/mol. The van der Waals surface area contributed by atoms with Crippen molar-refractivity contribution in [3.8, 4) is 0 Å². The van der Waals surface area contributed by atoms with Gasteiger partial charge in [0.2, 0.25) is 0 Å². The molecular formula is C14H23N3O3S.